The fraction of sp³-hybridized carbons (Fsp3) is 0.667. The van der Waals surface area contributed by atoms with E-state index in [0.717, 1.165) is 0 Å². The van der Waals surface area contributed by atoms with Crippen LogP contribution in [0.15, 0.2) is 11.0 Å². The molecule has 2 rings (SSSR count). The normalized spacial score (nSPS) is 30.7. The molecule has 1 saturated heterocycles. The summed E-state index contributed by atoms with van der Waals surface area (Å²) in [6, 6.07) is 0. The fourth-order valence-electron chi connectivity index (χ4n) is 2.30. The maximum Gasteiger partial charge on any atom is 0.351 e. The summed E-state index contributed by atoms with van der Waals surface area (Å²) in [6.45, 7) is 4.06. The highest BCUT2D eigenvalue weighted by atomic mass is 35.5. The summed E-state index contributed by atoms with van der Waals surface area (Å²) in [5, 5.41) is 0. The number of hydrogen-bond donors (Lipinski definition) is 1. The van der Waals surface area contributed by atoms with Gasteiger partial charge in [-0.2, -0.15) is 4.98 Å². The smallest absolute Gasteiger partial charge is 0.351 e. The lowest BCUT2D eigenvalue weighted by molar-refractivity contribution is -0.0386. The van der Waals surface area contributed by atoms with Crippen LogP contribution in [0.3, 0.4) is 0 Å². The van der Waals surface area contributed by atoms with Gasteiger partial charge in [0.15, 0.2) is 6.23 Å². The number of ether oxygens (including phenoxy) is 2. The predicted molar refractivity (Wildman–Crippen MR) is 72.3 cm³/mol. The number of anilines is 1. The van der Waals surface area contributed by atoms with Crippen LogP contribution in [-0.4, -0.2) is 34.2 Å². The molecule has 106 valence electrons. The third-order valence-electron chi connectivity index (χ3n) is 3.24. The second kappa shape index (κ2) is 5.11. The second-order valence-electron chi connectivity index (χ2n) is 5.05. The maximum absolute atomic E-state index is 11.9. The number of nitrogens with two attached hydrogens (primary N) is 1. The van der Waals surface area contributed by atoms with E-state index in [1.165, 1.54) is 4.57 Å². The van der Waals surface area contributed by atoms with Crippen molar-refractivity contribution in [2.75, 3.05) is 19.5 Å². The molecule has 1 aromatic heterocycles. The van der Waals surface area contributed by atoms with Gasteiger partial charge >= 0.3 is 5.69 Å². The molecule has 2 N–H and O–H groups in total. The Hall–Kier alpha value is -1.11. The van der Waals surface area contributed by atoms with E-state index in [1.54, 1.807) is 20.2 Å². The van der Waals surface area contributed by atoms with E-state index in [0.29, 0.717) is 18.6 Å². The molecule has 1 aliphatic heterocycles. The summed E-state index contributed by atoms with van der Waals surface area (Å²) in [5.74, 6) is 0.226. The van der Waals surface area contributed by atoms with Gasteiger partial charge in [0.1, 0.15) is 5.82 Å². The molecule has 6 nitrogen and oxygen atoms in total. The van der Waals surface area contributed by atoms with Crippen molar-refractivity contribution < 1.29 is 9.47 Å². The van der Waals surface area contributed by atoms with E-state index in [-0.39, 0.29) is 11.9 Å². The number of aryl methyl sites for hydroxylation is 1. The molecule has 19 heavy (non-hydrogen) atoms. The second-order valence-corrected chi connectivity index (χ2v) is 5.91. The molecule has 1 fully saturated rings. The Labute approximate surface area is 116 Å². The summed E-state index contributed by atoms with van der Waals surface area (Å²) in [6.07, 6.45) is 1.52. The molecule has 0 aliphatic carbocycles. The summed E-state index contributed by atoms with van der Waals surface area (Å²) < 4.78 is 12.3. The highest BCUT2D eigenvalue weighted by Gasteiger charge is 2.45. The standard InChI is InChI=1S/C12H18ClN3O3/c1-7-5-16(11(17)15-9(7)14)10-12(2,13)4-8(19-10)6-18-3/h5,8,10H,4,6H2,1-3H3,(H2,14,15,17). The third-order valence-corrected chi connectivity index (χ3v) is 3.58. The van der Waals surface area contributed by atoms with Crippen LogP contribution in [0.1, 0.15) is 25.1 Å². The van der Waals surface area contributed by atoms with Crippen molar-refractivity contribution in [3.8, 4) is 0 Å². The van der Waals surface area contributed by atoms with E-state index in [1.807, 2.05) is 6.92 Å². The van der Waals surface area contributed by atoms with Gasteiger partial charge in [0.25, 0.3) is 0 Å². The maximum atomic E-state index is 11.9. The van der Waals surface area contributed by atoms with Crippen molar-refractivity contribution >= 4 is 17.4 Å². The van der Waals surface area contributed by atoms with Crippen molar-refractivity contribution in [1.29, 1.82) is 0 Å². The van der Waals surface area contributed by atoms with E-state index in [9.17, 15) is 4.79 Å². The van der Waals surface area contributed by atoms with E-state index < -0.39 is 16.8 Å². The Morgan fingerprint density at radius 3 is 3.05 bits per heavy atom. The first kappa shape index (κ1) is 14.3. The van der Waals surface area contributed by atoms with Gasteiger partial charge in [-0.15, -0.1) is 11.6 Å². The fourth-order valence-corrected chi connectivity index (χ4v) is 2.63. The topological polar surface area (TPSA) is 79.4 Å². The van der Waals surface area contributed by atoms with E-state index in [4.69, 9.17) is 26.8 Å². The van der Waals surface area contributed by atoms with Gasteiger partial charge in [0.2, 0.25) is 0 Å². The number of rotatable bonds is 3. The highest BCUT2D eigenvalue weighted by Crippen LogP contribution is 2.42. The van der Waals surface area contributed by atoms with Crippen molar-refractivity contribution in [2.45, 2.75) is 37.5 Å². The van der Waals surface area contributed by atoms with Crippen molar-refractivity contribution in [3.63, 3.8) is 0 Å². The lowest BCUT2D eigenvalue weighted by Crippen LogP contribution is -2.35. The molecule has 3 atom stereocenters. The minimum atomic E-state index is -0.683. The van der Waals surface area contributed by atoms with Gasteiger partial charge < -0.3 is 15.2 Å². The van der Waals surface area contributed by atoms with Crippen molar-refractivity contribution in [2.24, 2.45) is 0 Å². The first-order valence-corrected chi connectivity index (χ1v) is 6.41. The van der Waals surface area contributed by atoms with Gasteiger partial charge in [-0.1, -0.05) is 0 Å². The molecular weight excluding hydrogens is 270 g/mol. The van der Waals surface area contributed by atoms with Crippen LogP contribution in [0.25, 0.3) is 0 Å². The molecular formula is C12H18ClN3O3. The third kappa shape index (κ3) is 2.75. The van der Waals surface area contributed by atoms with Gasteiger partial charge in [0.05, 0.1) is 17.6 Å². The molecule has 7 heteroatoms. The van der Waals surface area contributed by atoms with Crippen LogP contribution in [0.5, 0.6) is 0 Å². The van der Waals surface area contributed by atoms with Gasteiger partial charge in [-0.25, -0.2) is 4.79 Å². The van der Waals surface area contributed by atoms with E-state index >= 15 is 0 Å². The Bertz CT molecular complexity index is 529. The average Bonchev–Trinajstić information content (AvgIpc) is 2.59. The quantitative estimate of drug-likeness (QED) is 0.841. The Balaban J connectivity index is 2.36. The van der Waals surface area contributed by atoms with Crippen LogP contribution in [0.4, 0.5) is 5.82 Å². The predicted octanol–water partition coefficient (Wildman–Crippen LogP) is 1.07. The van der Waals surface area contributed by atoms with Crippen LogP contribution >= 0.6 is 11.6 Å². The molecule has 0 radical (unpaired) electrons. The summed E-state index contributed by atoms with van der Waals surface area (Å²) in [7, 11) is 1.60. The average molecular weight is 288 g/mol. The van der Waals surface area contributed by atoms with Crippen LogP contribution in [0, 0.1) is 6.92 Å². The Kier molecular flexibility index (Phi) is 3.85. The monoisotopic (exact) mass is 287 g/mol. The SMILES string of the molecule is COCC1CC(C)(Cl)C(n2cc(C)c(N)nc2=O)O1. The van der Waals surface area contributed by atoms with Gasteiger partial charge in [-0.3, -0.25) is 4.57 Å². The molecule has 2 heterocycles. The number of halogens is 1. The van der Waals surface area contributed by atoms with Crippen LogP contribution < -0.4 is 11.4 Å². The molecule has 0 amide bonds. The number of methoxy groups -OCH3 is 1. The first-order chi connectivity index (χ1) is 8.85. The minimum absolute atomic E-state index is 0.137. The van der Waals surface area contributed by atoms with Gasteiger partial charge in [0, 0.05) is 18.9 Å². The minimum Gasteiger partial charge on any atom is -0.383 e. The van der Waals surface area contributed by atoms with Crippen molar-refractivity contribution in [1.82, 2.24) is 9.55 Å². The number of hydrogen-bond acceptors (Lipinski definition) is 5. The number of nitrogen functional groups attached to an aromatic ring is 1. The molecule has 1 aromatic rings. The van der Waals surface area contributed by atoms with Crippen LogP contribution in [0.2, 0.25) is 0 Å². The van der Waals surface area contributed by atoms with Crippen molar-refractivity contribution in [3.05, 3.63) is 22.2 Å². The Morgan fingerprint density at radius 1 is 1.74 bits per heavy atom. The number of nitrogens with zero attached hydrogens (tertiary/aromatic N) is 2. The summed E-state index contributed by atoms with van der Waals surface area (Å²) in [5.41, 5.74) is 5.87. The summed E-state index contributed by atoms with van der Waals surface area (Å²) >= 11 is 6.46. The largest absolute Gasteiger partial charge is 0.383 e. The lowest BCUT2D eigenvalue weighted by Gasteiger charge is -2.24. The Morgan fingerprint density at radius 2 is 2.42 bits per heavy atom. The van der Waals surface area contributed by atoms with E-state index in [2.05, 4.69) is 4.98 Å². The zero-order valence-corrected chi connectivity index (χ0v) is 12.0. The molecule has 0 saturated carbocycles. The van der Waals surface area contributed by atoms with Crippen LogP contribution in [-0.2, 0) is 9.47 Å². The zero-order valence-electron chi connectivity index (χ0n) is 11.2. The number of aromatic nitrogens is 2. The molecule has 0 spiro atoms. The summed E-state index contributed by atoms with van der Waals surface area (Å²) in [4.78, 5) is 15.0. The molecule has 3 unspecified atom stereocenters. The molecule has 0 bridgehead atoms. The molecule has 1 aliphatic rings. The lowest BCUT2D eigenvalue weighted by atomic mass is 10.0. The van der Waals surface area contributed by atoms with Gasteiger partial charge in [-0.05, 0) is 20.3 Å². The zero-order chi connectivity index (χ0) is 14.2. The number of alkyl halides is 1. The highest BCUT2D eigenvalue weighted by molar-refractivity contribution is 6.24. The molecule has 0 aromatic carbocycles. The first-order valence-electron chi connectivity index (χ1n) is 6.03.